The number of hydrogen-bond acceptors (Lipinski definition) is 3. The first kappa shape index (κ1) is 21.9. The first-order valence-corrected chi connectivity index (χ1v) is 10.6. The van der Waals surface area contributed by atoms with Crippen molar-refractivity contribution in [3.05, 3.63) is 101 Å². The molecule has 0 amide bonds. The fourth-order valence-corrected chi connectivity index (χ4v) is 4.16. The van der Waals surface area contributed by atoms with Gasteiger partial charge in [0.25, 0.3) is 0 Å². The van der Waals surface area contributed by atoms with Gasteiger partial charge in [-0.1, -0.05) is 60.2 Å². The van der Waals surface area contributed by atoms with Crippen LogP contribution in [0.1, 0.15) is 51.3 Å². The van der Waals surface area contributed by atoms with Gasteiger partial charge in [0.05, 0.1) is 17.9 Å². The van der Waals surface area contributed by atoms with Gasteiger partial charge in [-0.25, -0.2) is 0 Å². The van der Waals surface area contributed by atoms with E-state index in [1.165, 1.54) is 22.3 Å². The Balaban J connectivity index is 1.80. The lowest BCUT2D eigenvalue weighted by Crippen LogP contribution is -2.20. The van der Waals surface area contributed by atoms with Gasteiger partial charge in [0, 0.05) is 5.92 Å². The Hall–Kier alpha value is -2.78. The van der Waals surface area contributed by atoms with Gasteiger partial charge in [-0.2, -0.15) is 0 Å². The molecule has 3 unspecified atom stereocenters. The lowest BCUT2D eigenvalue weighted by atomic mass is 9.83. The summed E-state index contributed by atoms with van der Waals surface area (Å²) in [6, 6.07) is 8.44. The third-order valence-corrected chi connectivity index (χ3v) is 5.45. The first-order valence-electron chi connectivity index (χ1n) is 10.6. The second-order valence-electron chi connectivity index (χ2n) is 8.35. The minimum atomic E-state index is -0.525. The molecule has 3 heteroatoms. The highest BCUT2D eigenvalue weighted by Crippen LogP contribution is 2.34. The Labute approximate surface area is 180 Å². The number of rotatable bonds is 7. The van der Waals surface area contributed by atoms with Crippen molar-refractivity contribution < 1.29 is 9.84 Å². The second kappa shape index (κ2) is 9.82. The van der Waals surface area contributed by atoms with Gasteiger partial charge < -0.3 is 15.2 Å². The van der Waals surface area contributed by atoms with E-state index in [-0.39, 0.29) is 6.04 Å². The normalized spacial score (nSPS) is 22.4. The summed E-state index contributed by atoms with van der Waals surface area (Å²) >= 11 is 0. The molecule has 1 aliphatic carbocycles. The van der Waals surface area contributed by atoms with Gasteiger partial charge in [0.1, 0.15) is 6.61 Å². The Morgan fingerprint density at radius 3 is 2.80 bits per heavy atom. The molecular weight excluding hydrogens is 370 g/mol. The van der Waals surface area contributed by atoms with Gasteiger partial charge >= 0.3 is 0 Å². The van der Waals surface area contributed by atoms with Crippen LogP contribution >= 0.6 is 0 Å². The predicted octanol–water partition coefficient (Wildman–Crippen LogP) is 6.00. The lowest BCUT2D eigenvalue weighted by molar-refractivity contribution is 0.217. The van der Waals surface area contributed by atoms with Crippen LogP contribution in [0.2, 0.25) is 0 Å². The molecule has 30 heavy (non-hydrogen) atoms. The van der Waals surface area contributed by atoms with E-state index >= 15 is 0 Å². The minimum absolute atomic E-state index is 0.0898. The van der Waals surface area contributed by atoms with Crippen LogP contribution in [-0.2, 0) is 4.74 Å². The lowest BCUT2D eigenvalue weighted by Gasteiger charge is -2.27. The molecule has 3 atom stereocenters. The smallest absolute Gasteiger partial charge is 0.113 e. The molecule has 3 nitrogen and oxygen atoms in total. The molecule has 1 aliphatic heterocycles. The van der Waals surface area contributed by atoms with Gasteiger partial charge in [-0.15, -0.1) is 0 Å². The predicted molar refractivity (Wildman–Crippen MR) is 126 cm³/mol. The first-order chi connectivity index (χ1) is 14.3. The standard InChI is InChI=1S/C27H33NO2/c1-18-12-19(2)14-24(13-18)23-10-11-28-27(16-23)26-9-7-6-8-25(26)20(3)17-30-22(5)15-21(4)29/h6-13,15-16,21,24,27-29H,3,14,17H2,1-2,4-5H3/b22-15-. The number of aliphatic hydroxyl groups is 1. The topological polar surface area (TPSA) is 41.5 Å². The summed E-state index contributed by atoms with van der Waals surface area (Å²) in [4.78, 5) is 0. The summed E-state index contributed by atoms with van der Waals surface area (Å²) in [6.07, 6.45) is 13.4. The number of ether oxygens (including phenoxy) is 1. The third kappa shape index (κ3) is 5.64. The number of hydrogen-bond donors (Lipinski definition) is 2. The van der Waals surface area contributed by atoms with Crippen molar-refractivity contribution >= 4 is 5.57 Å². The number of nitrogens with one attached hydrogen (secondary N) is 1. The van der Waals surface area contributed by atoms with Crippen molar-refractivity contribution in [3.8, 4) is 0 Å². The molecule has 2 N–H and O–H groups in total. The molecule has 1 aromatic carbocycles. The Morgan fingerprint density at radius 1 is 1.30 bits per heavy atom. The van der Waals surface area contributed by atoms with Crippen molar-refractivity contribution in [2.75, 3.05) is 6.61 Å². The third-order valence-electron chi connectivity index (χ3n) is 5.45. The van der Waals surface area contributed by atoms with Crippen molar-refractivity contribution in [3.63, 3.8) is 0 Å². The van der Waals surface area contributed by atoms with Gasteiger partial charge in [0.15, 0.2) is 0 Å². The Morgan fingerprint density at radius 2 is 2.07 bits per heavy atom. The molecule has 0 spiro atoms. The highest BCUT2D eigenvalue weighted by Gasteiger charge is 2.21. The van der Waals surface area contributed by atoms with Gasteiger partial charge in [0.2, 0.25) is 0 Å². The van der Waals surface area contributed by atoms with Crippen LogP contribution in [0.5, 0.6) is 0 Å². The minimum Gasteiger partial charge on any atom is -0.494 e. The summed E-state index contributed by atoms with van der Waals surface area (Å²) < 4.78 is 5.79. The zero-order chi connectivity index (χ0) is 21.7. The van der Waals surface area contributed by atoms with E-state index in [1.54, 1.807) is 13.0 Å². The number of dihydropyridines is 1. The van der Waals surface area contributed by atoms with Crippen molar-refractivity contribution in [2.24, 2.45) is 5.92 Å². The molecular formula is C27H33NO2. The molecule has 1 heterocycles. The van der Waals surface area contributed by atoms with E-state index in [2.05, 4.69) is 74.4 Å². The largest absolute Gasteiger partial charge is 0.494 e. The van der Waals surface area contributed by atoms with Crippen LogP contribution in [0.25, 0.3) is 5.57 Å². The van der Waals surface area contributed by atoms with Gasteiger partial charge in [-0.3, -0.25) is 0 Å². The maximum atomic E-state index is 9.48. The van der Waals surface area contributed by atoms with Crippen LogP contribution in [0.15, 0.2) is 89.9 Å². The molecule has 2 aliphatic rings. The maximum absolute atomic E-state index is 9.48. The fourth-order valence-electron chi connectivity index (χ4n) is 4.16. The number of benzene rings is 1. The second-order valence-corrected chi connectivity index (χ2v) is 8.35. The Kier molecular flexibility index (Phi) is 7.17. The molecule has 0 radical (unpaired) electrons. The zero-order valence-corrected chi connectivity index (χ0v) is 18.5. The van der Waals surface area contributed by atoms with Crippen LogP contribution < -0.4 is 5.32 Å². The number of aliphatic hydroxyl groups excluding tert-OH is 1. The Bertz CT molecular complexity index is 943. The number of allylic oxidation sites excluding steroid dienone is 7. The summed E-state index contributed by atoms with van der Waals surface area (Å²) in [5.74, 6) is 1.12. The molecule has 3 rings (SSSR count). The highest BCUT2D eigenvalue weighted by atomic mass is 16.5. The van der Waals surface area contributed by atoms with Crippen LogP contribution in [0.4, 0.5) is 0 Å². The van der Waals surface area contributed by atoms with Crippen molar-refractivity contribution in [1.82, 2.24) is 5.32 Å². The van der Waals surface area contributed by atoms with E-state index in [9.17, 15) is 5.11 Å². The molecule has 0 saturated heterocycles. The quantitative estimate of drug-likeness (QED) is 0.549. The fraction of sp³-hybridized carbons (Fsp3) is 0.333. The van der Waals surface area contributed by atoms with E-state index in [0.717, 1.165) is 17.6 Å². The van der Waals surface area contributed by atoms with Crippen LogP contribution in [0.3, 0.4) is 0 Å². The van der Waals surface area contributed by atoms with E-state index in [4.69, 9.17) is 4.74 Å². The SMILES string of the molecule is C=C(CO/C(C)=C\C(C)O)c1ccccc1C1C=C(C2C=C(C)C=C(C)C2)C=CN1. The van der Waals surface area contributed by atoms with Crippen molar-refractivity contribution in [1.29, 1.82) is 0 Å². The summed E-state index contributed by atoms with van der Waals surface area (Å²) in [7, 11) is 0. The van der Waals surface area contributed by atoms with Crippen LogP contribution in [-0.4, -0.2) is 17.8 Å². The molecule has 1 aromatic rings. The summed E-state index contributed by atoms with van der Waals surface area (Å²) in [5.41, 5.74) is 7.31. The highest BCUT2D eigenvalue weighted by molar-refractivity contribution is 5.68. The van der Waals surface area contributed by atoms with Crippen molar-refractivity contribution in [2.45, 2.75) is 46.3 Å². The summed E-state index contributed by atoms with van der Waals surface area (Å²) in [6.45, 7) is 12.6. The maximum Gasteiger partial charge on any atom is 0.113 e. The average Bonchev–Trinajstić information content (AvgIpc) is 2.71. The molecule has 0 saturated carbocycles. The molecule has 0 fully saturated rings. The molecule has 0 aromatic heterocycles. The van der Waals surface area contributed by atoms with Crippen LogP contribution in [0, 0.1) is 5.92 Å². The van der Waals surface area contributed by atoms with E-state index in [1.807, 2.05) is 13.0 Å². The van der Waals surface area contributed by atoms with E-state index < -0.39 is 6.10 Å². The molecule has 158 valence electrons. The monoisotopic (exact) mass is 403 g/mol. The zero-order valence-electron chi connectivity index (χ0n) is 18.5. The average molecular weight is 404 g/mol. The summed E-state index contributed by atoms with van der Waals surface area (Å²) in [5, 5.41) is 13.0. The van der Waals surface area contributed by atoms with E-state index in [0.29, 0.717) is 18.3 Å². The molecule has 0 bridgehead atoms. The van der Waals surface area contributed by atoms with Gasteiger partial charge in [-0.05, 0) is 74.7 Å².